The van der Waals surface area contributed by atoms with Crippen LogP contribution < -0.4 is 4.74 Å². The molecular formula is C10H12N2OS. The van der Waals surface area contributed by atoms with Crippen molar-refractivity contribution in [1.29, 1.82) is 0 Å². The smallest absolute Gasteiger partial charge is 0.166 e. The maximum absolute atomic E-state index is 5.19. The van der Waals surface area contributed by atoms with Gasteiger partial charge in [0, 0.05) is 6.07 Å². The Morgan fingerprint density at radius 1 is 1.43 bits per heavy atom. The van der Waals surface area contributed by atoms with E-state index >= 15 is 0 Å². The summed E-state index contributed by atoms with van der Waals surface area (Å²) in [6.45, 7) is 2.04. The van der Waals surface area contributed by atoms with Crippen LogP contribution >= 0.6 is 11.8 Å². The summed E-state index contributed by atoms with van der Waals surface area (Å²) >= 11 is 1.61. The SMILES string of the molecule is COc1cc(C)c2nc(SC)[nH]c2c1. The lowest BCUT2D eigenvalue weighted by atomic mass is 10.2. The fourth-order valence-corrected chi connectivity index (χ4v) is 1.84. The molecule has 0 atom stereocenters. The van der Waals surface area contributed by atoms with E-state index in [4.69, 9.17) is 4.74 Å². The van der Waals surface area contributed by atoms with Crippen LogP contribution in [-0.2, 0) is 0 Å². The van der Waals surface area contributed by atoms with Crippen LogP contribution in [0.5, 0.6) is 5.75 Å². The molecule has 1 aromatic heterocycles. The first-order valence-electron chi connectivity index (χ1n) is 4.33. The number of methoxy groups -OCH3 is 1. The molecule has 0 radical (unpaired) electrons. The second kappa shape index (κ2) is 3.53. The summed E-state index contributed by atoms with van der Waals surface area (Å²) in [6.07, 6.45) is 2.00. The van der Waals surface area contributed by atoms with Gasteiger partial charge in [0.25, 0.3) is 0 Å². The fourth-order valence-electron chi connectivity index (χ4n) is 1.45. The minimum Gasteiger partial charge on any atom is -0.497 e. The second-order valence-electron chi connectivity index (χ2n) is 3.09. The third-order valence-electron chi connectivity index (χ3n) is 2.16. The van der Waals surface area contributed by atoms with Crippen molar-refractivity contribution in [3.63, 3.8) is 0 Å². The molecule has 3 nitrogen and oxygen atoms in total. The van der Waals surface area contributed by atoms with Crippen LogP contribution in [0.3, 0.4) is 0 Å². The van der Waals surface area contributed by atoms with E-state index in [1.54, 1.807) is 18.9 Å². The second-order valence-corrected chi connectivity index (χ2v) is 3.88. The van der Waals surface area contributed by atoms with Crippen molar-refractivity contribution in [1.82, 2.24) is 9.97 Å². The normalized spacial score (nSPS) is 10.8. The number of aryl methyl sites for hydroxylation is 1. The van der Waals surface area contributed by atoms with E-state index in [2.05, 4.69) is 9.97 Å². The average Bonchev–Trinajstić information content (AvgIpc) is 2.61. The number of benzene rings is 1. The number of fused-ring (bicyclic) bond motifs is 1. The zero-order valence-corrected chi connectivity index (χ0v) is 9.23. The van der Waals surface area contributed by atoms with Crippen LogP contribution in [0.25, 0.3) is 11.0 Å². The van der Waals surface area contributed by atoms with Crippen molar-refractivity contribution < 1.29 is 4.74 Å². The lowest BCUT2D eigenvalue weighted by Crippen LogP contribution is -1.84. The van der Waals surface area contributed by atoms with Gasteiger partial charge in [0.2, 0.25) is 0 Å². The summed E-state index contributed by atoms with van der Waals surface area (Å²) in [7, 11) is 1.67. The zero-order valence-electron chi connectivity index (χ0n) is 8.42. The monoisotopic (exact) mass is 208 g/mol. The number of nitrogens with one attached hydrogen (secondary N) is 1. The Bertz CT molecular complexity index is 464. The molecule has 1 aromatic carbocycles. The molecule has 0 bridgehead atoms. The maximum Gasteiger partial charge on any atom is 0.166 e. The van der Waals surface area contributed by atoms with Crippen molar-refractivity contribution in [2.75, 3.05) is 13.4 Å². The minimum atomic E-state index is 0.867. The third kappa shape index (κ3) is 1.46. The van der Waals surface area contributed by atoms with E-state index in [1.807, 2.05) is 25.3 Å². The number of nitrogens with zero attached hydrogens (tertiary/aromatic N) is 1. The molecule has 2 rings (SSSR count). The van der Waals surface area contributed by atoms with Crippen LogP contribution in [0.15, 0.2) is 17.3 Å². The minimum absolute atomic E-state index is 0.867. The van der Waals surface area contributed by atoms with Crippen molar-refractivity contribution in [3.8, 4) is 5.75 Å². The summed E-state index contributed by atoms with van der Waals surface area (Å²) in [6, 6.07) is 3.96. The Hall–Kier alpha value is -1.16. The number of thioether (sulfide) groups is 1. The van der Waals surface area contributed by atoms with E-state index in [0.29, 0.717) is 0 Å². The Balaban J connectivity index is 2.67. The van der Waals surface area contributed by atoms with Crippen molar-refractivity contribution in [3.05, 3.63) is 17.7 Å². The highest BCUT2D eigenvalue weighted by Gasteiger charge is 2.06. The summed E-state index contributed by atoms with van der Waals surface area (Å²) in [5, 5.41) is 0.941. The van der Waals surface area contributed by atoms with Gasteiger partial charge in [-0.1, -0.05) is 11.8 Å². The molecule has 0 aliphatic heterocycles. The number of imidazole rings is 1. The van der Waals surface area contributed by atoms with E-state index in [0.717, 1.165) is 27.5 Å². The van der Waals surface area contributed by atoms with Crippen LogP contribution in [0.4, 0.5) is 0 Å². The number of aromatic nitrogens is 2. The van der Waals surface area contributed by atoms with Crippen molar-refractivity contribution in [2.24, 2.45) is 0 Å². The van der Waals surface area contributed by atoms with Crippen LogP contribution in [0, 0.1) is 6.92 Å². The molecule has 14 heavy (non-hydrogen) atoms. The van der Waals surface area contributed by atoms with E-state index in [9.17, 15) is 0 Å². The fraction of sp³-hybridized carbons (Fsp3) is 0.300. The van der Waals surface area contributed by atoms with Gasteiger partial charge in [0.15, 0.2) is 5.16 Å². The standard InChI is InChI=1S/C10H12N2OS/c1-6-4-7(13-2)5-8-9(6)12-10(11-8)14-3/h4-5H,1-3H3,(H,11,12). The average molecular weight is 208 g/mol. The highest BCUT2D eigenvalue weighted by atomic mass is 32.2. The molecule has 0 amide bonds. The van der Waals surface area contributed by atoms with Gasteiger partial charge in [0.1, 0.15) is 5.75 Å². The first kappa shape index (κ1) is 9.40. The van der Waals surface area contributed by atoms with Gasteiger partial charge in [-0.15, -0.1) is 0 Å². The highest BCUT2D eigenvalue weighted by Crippen LogP contribution is 2.25. The van der Waals surface area contributed by atoms with E-state index in [1.165, 1.54) is 0 Å². The summed E-state index contributed by atoms with van der Waals surface area (Å²) < 4.78 is 5.19. The predicted octanol–water partition coefficient (Wildman–Crippen LogP) is 2.60. The Morgan fingerprint density at radius 3 is 2.86 bits per heavy atom. The molecule has 1 N–H and O–H groups in total. The molecule has 74 valence electrons. The van der Waals surface area contributed by atoms with Crippen molar-refractivity contribution >= 4 is 22.8 Å². The van der Waals surface area contributed by atoms with E-state index < -0.39 is 0 Å². The molecule has 2 aromatic rings. The van der Waals surface area contributed by atoms with Gasteiger partial charge >= 0.3 is 0 Å². The van der Waals surface area contributed by atoms with Gasteiger partial charge < -0.3 is 9.72 Å². The van der Waals surface area contributed by atoms with Crippen LogP contribution in [0.1, 0.15) is 5.56 Å². The molecule has 0 aliphatic carbocycles. The lowest BCUT2D eigenvalue weighted by molar-refractivity contribution is 0.415. The highest BCUT2D eigenvalue weighted by molar-refractivity contribution is 7.98. The first-order chi connectivity index (χ1) is 6.74. The number of hydrogen-bond donors (Lipinski definition) is 1. The Kier molecular flexibility index (Phi) is 2.37. The van der Waals surface area contributed by atoms with Crippen LogP contribution in [-0.4, -0.2) is 23.3 Å². The molecule has 0 saturated heterocycles. The van der Waals surface area contributed by atoms with Gasteiger partial charge in [-0.2, -0.15) is 0 Å². The largest absolute Gasteiger partial charge is 0.497 e. The summed E-state index contributed by atoms with van der Waals surface area (Å²) in [5.41, 5.74) is 3.19. The molecule has 1 heterocycles. The molecule has 0 saturated carbocycles. The number of H-pyrrole nitrogens is 1. The predicted molar refractivity (Wildman–Crippen MR) is 59.2 cm³/mol. The quantitative estimate of drug-likeness (QED) is 0.771. The zero-order chi connectivity index (χ0) is 10.1. The topological polar surface area (TPSA) is 37.9 Å². The maximum atomic E-state index is 5.19. The number of ether oxygens (including phenoxy) is 1. The Morgan fingerprint density at radius 2 is 2.21 bits per heavy atom. The number of hydrogen-bond acceptors (Lipinski definition) is 3. The van der Waals surface area contributed by atoms with Gasteiger partial charge in [-0.25, -0.2) is 4.98 Å². The molecule has 0 aliphatic rings. The lowest BCUT2D eigenvalue weighted by Gasteiger charge is -2.00. The first-order valence-corrected chi connectivity index (χ1v) is 5.55. The van der Waals surface area contributed by atoms with Gasteiger partial charge in [-0.05, 0) is 24.8 Å². The third-order valence-corrected chi connectivity index (χ3v) is 2.74. The van der Waals surface area contributed by atoms with E-state index in [-0.39, 0.29) is 0 Å². The number of aromatic amines is 1. The summed E-state index contributed by atoms with van der Waals surface area (Å²) in [4.78, 5) is 7.69. The van der Waals surface area contributed by atoms with Crippen LogP contribution in [0.2, 0.25) is 0 Å². The molecule has 0 fully saturated rings. The Labute approximate surface area is 86.9 Å². The van der Waals surface area contributed by atoms with Crippen molar-refractivity contribution in [2.45, 2.75) is 12.1 Å². The number of rotatable bonds is 2. The van der Waals surface area contributed by atoms with Gasteiger partial charge in [0.05, 0.1) is 18.1 Å². The molecule has 0 unspecified atom stereocenters. The molecular weight excluding hydrogens is 196 g/mol. The van der Waals surface area contributed by atoms with Gasteiger partial charge in [-0.3, -0.25) is 0 Å². The molecule has 0 spiro atoms. The summed E-state index contributed by atoms with van der Waals surface area (Å²) in [5.74, 6) is 0.867. The molecule has 4 heteroatoms.